The quantitative estimate of drug-likeness (QED) is 0.745. The molecule has 4 nitrogen and oxygen atoms in total. The number of nitrogens with one attached hydrogen (secondary N) is 1. The maximum Gasteiger partial charge on any atom is 0.255 e. The van der Waals surface area contributed by atoms with Gasteiger partial charge in [0.1, 0.15) is 0 Å². The van der Waals surface area contributed by atoms with E-state index < -0.39 is 11.7 Å². The fraction of sp³-hybridized carbons (Fsp3) is 0.154. The minimum absolute atomic E-state index is 0.0733. The molecule has 0 saturated carbocycles. The molecule has 18 heavy (non-hydrogen) atoms. The van der Waals surface area contributed by atoms with Crippen molar-refractivity contribution in [1.29, 1.82) is 0 Å². The van der Waals surface area contributed by atoms with E-state index in [9.17, 15) is 15.0 Å². The average Bonchev–Trinajstić information content (AvgIpc) is 2.75. The summed E-state index contributed by atoms with van der Waals surface area (Å²) in [4.78, 5) is 12.9. The molecule has 0 aliphatic rings. The molecule has 1 heterocycles. The van der Waals surface area contributed by atoms with Gasteiger partial charge < -0.3 is 15.5 Å². The van der Waals surface area contributed by atoms with E-state index in [-0.39, 0.29) is 11.3 Å². The van der Waals surface area contributed by atoms with E-state index in [0.29, 0.717) is 6.54 Å². The van der Waals surface area contributed by atoms with E-state index in [1.165, 1.54) is 18.2 Å². The van der Waals surface area contributed by atoms with E-state index in [1.807, 2.05) is 18.4 Å². The first kappa shape index (κ1) is 12.4. The third-order valence-corrected chi connectivity index (χ3v) is 3.66. The van der Waals surface area contributed by atoms with Crippen LogP contribution in [0.3, 0.4) is 0 Å². The van der Waals surface area contributed by atoms with Crippen molar-refractivity contribution in [2.75, 3.05) is 0 Å². The van der Waals surface area contributed by atoms with Crippen molar-refractivity contribution in [2.45, 2.75) is 13.5 Å². The highest BCUT2D eigenvalue weighted by atomic mass is 32.1. The van der Waals surface area contributed by atoms with Crippen molar-refractivity contribution in [3.05, 3.63) is 45.6 Å². The molecule has 3 N–H and O–H groups in total. The molecule has 0 aliphatic carbocycles. The summed E-state index contributed by atoms with van der Waals surface area (Å²) in [7, 11) is 0. The van der Waals surface area contributed by atoms with Gasteiger partial charge in [-0.05, 0) is 36.1 Å². The summed E-state index contributed by atoms with van der Waals surface area (Å²) in [6.07, 6.45) is 0. The normalized spacial score (nSPS) is 10.3. The summed E-state index contributed by atoms with van der Waals surface area (Å²) >= 11 is 1.57. The molecule has 0 unspecified atom stereocenters. The van der Waals surface area contributed by atoms with Crippen LogP contribution in [-0.4, -0.2) is 16.1 Å². The Morgan fingerprint density at radius 2 is 2.11 bits per heavy atom. The van der Waals surface area contributed by atoms with Gasteiger partial charge in [-0.15, -0.1) is 11.3 Å². The molecule has 0 radical (unpaired) electrons. The van der Waals surface area contributed by atoms with Crippen LogP contribution in [0.2, 0.25) is 0 Å². The first-order valence-corrected chi connectivity index (χ1v) is 6.29. The topological polar surface area (TPSA) is 69.6 Å². The number of carbonyl (C=O) groups excluding carboxylic acids is 1. The Hall–Kier alpha value is -2.01. The van der Waals surface area contributed by atoms with Crippen LogP contribution in [0.5, 0.6) is 11.5 Å². The van der Waals surface area contributed by atoms with Gasteiger partial charge >= 0.3 is 0 Å². The maximum absolute atomic E-state index is 11.8. The number of phenolic OH excluding ortho intramolecular Hbond substituents is 2. The van der Waals surface area contributed by atoms with E-state index in [4.69, 9.17) is 0 Å². The zero-order valence-electron chi connectivity index (χ0n) is 9.80. The van der Waals surface area contributed by atoms with Crippen LogP contribution in [0.25, 0.3) is 0 Å². The lowest BCUT2D eigenvalue weighted by atomic mass is 10.1. The van der Waals surface area contributed by atoms with E-state index in [0.717, 1.165) is 10.4 Å². The molecule has 1 aromatic carbocycles. The number of aryl methyl sites for hydroxylation is 1. The number of rotatable bonds is 3. The van der Waals surface area contributed by atoms with Crippen molar-refractivity contribution in [3.8, 4) is 11.5 Å². The predicted molar refractivity (Wildman–Crippen MR) is 70.0 cm³/mol. The molecule has 5 heteroatoms. The number of thiophene rings is 1. The maximum atomic E-state index is 11.8. The summed E-state index contributed by atoms with van der Waals surface area (Å²) < 4.78 is 0. The van der Waals surface area contributed by atoms with Crippen molar-refractivity contribution in [3.63, 3.8) is 0 Å². The number of para-hydroxylation sites is 1. The first-order valence-electron chi connectivity index (χ1n) is 5.41. The fourth-order valence-electron chi connectivity index (χ4n) is 1.56. The Morgan fingerprint density at radius 3 is 2.78 bits per heavy atom. The molecule has 2 rings (SSSR count). The van der Waals surface area contributed by atoms with Gasteiger partial charge in [-0.25, -0.2) is 0 Å². The van der Waals surface area contributed by atoms with Gasteiger partial charge in [0.2, 0.25) is 0 Å². The van der Waals surface area contributed by atoms with Crippen molar-refractivity contribution >= 4 is 17.2 Å². The van der Waals surface area contributed by atoms with Crippen LogP contribution < -0.4 is 5.32 Å². The van der Waals surface area contributed by atoms with Crippen LogP contribution in [-0.2, 0) is 6.54 Å². The van der Waals surface area contributed by atoms with Gasteiger partial charge in [0, 0.05) is 4.88 Å². The number of aromatic hydroxyl groups is 2. The minimum atomic E-state index is -0.406. The summed E-state index contributed by atoms with van der Waals surface area (Å²) in [5, 5.41) is 23.6. The molecule has 0 spiro atoms. The molecule has 0 fully saturated rings. The number of carbonyl (C=O) groups is 1. The molecule has 1 aromatic heterocycles. The largest absolute Gasteiger partial charge is 0.504 e. The standard InChI is InChI=1S/C13H13NO3S/c1-8-5-6-18-11(8)7-14-13(17)9-3-2-4-10(15)12(9)16/h2-6,15-16H,7H2,1H3,(H,14,17). The van der Waals surface area contributed by atoms with E-state index in [2.05, 4.69) is 5.32 Å². The Bertz CT molecular complexity index is 577. The zero-order chi connectivity index (χ0) is 13.1. The van der Waals surface area contributed by atoms with Crippen molar-refractivity contribution in [1.82, 2.24) is 5.32 Å². The van der Waals surface area contributed by atoms with Crippen LogP contribution in [0.15, 0.2) is 29.6 Å². The summed E-state index contributed by atoms with van der Waals surface area (Å²) in [5.74, 6) is -1.09. The molecule has 1 amide bonds. The summed E-state index contributed by atoms with van der Waals surface area (Å²) in [6, 6.07) is 6.29. The second kappa shape index (κ2) is 5.10. The van der Waals surface area contributed by atoms with Crippen LogP contribution in [0, 0.1) is 6.92 Å². The molecule has 0 bridgehead atoms. The number of hydrogen-bond donors (Lipinski definition) is 3. The van der Waals surface area contributed by atoms with E-state index in [1.54, 1.807) is 11.3 Å². The lowest BCUT2D eigenvalue weighted by Gasteiger charge is -2.07. The van der Waals surface area contributed by atoms with Gasteiger partial charge in [-0.2, -0.15) is 0 Å². The molecular weight excluding hydrogens is 250 g/mol. The van der Waals surface area contributed by atoms with Crippen molar-refractivity contribution < 1.29 is 15.0 Å². The van der Waals surface area contributed by atoms with Gasteiger partial charge in [0.05, 0.1) is 12.1 Å². The lowest BCUT2D eigenvalue weighted by molar-refractivity contribution is 0.0948. The third kappa shape index (κ3) is 2.46. The highest BCUT2D eigenvalue weighted by Gasteiger charge is 2.13. The van der Waals surface area contributed by atoms with Crippen LogP contribution in [0.1, 0.15) is 20.8 Å². The number of hydrogen-bond acceptors (Lipinski definition) is 4. The highest BCUT2D eigenvalue weighted by Crippen LogP contribution is 2.28. The molecule has 0 aliphatic heterocycles. The Balaban J connectivity index is 2.09. The molecule has 94 valence electrons. The molecule has 2 aromatic rings. The lowest BCUT2D eigenvalue weighted by Crippen LogP contribution is -2.22. The summed E-state index contributed by atoms with van der Waals surface area (Å²) in [5.41, 5.74) is 1.20. The zero-order valence-corrected chi connectivity index (χ0v) is 10.6. The number of benzene rings is 1. The second-order valence-corrected chi connectivity index (χ2v) is 4.88. The van der Waals surface area contributed by atoms with Gasteiger partial charge in [0.25, 0.3) is 5.91 Å². The predicted octanol–water partition coefficient (Wildman–Crippen LogP) is 2.40. The van der Waals surface area contributed by atoms with Gasteiger partial charge in [-0.3, -0.25) is 4.79 Å². The van der Waals surface area contributed by atoms with Crippen molar-refractivity contribution in [2.24, 2.45) is 0 Å². The summed E-state index contributed by atoms with van der Waals surface area (Å²) in [6.45, 7) is 2.39. The van der Waals surface area contributed by atoms with Gasteiger partial charge in [-0.1, -0.05) is 6.07 Å². The van der Waals surface area contributed by atoms with Gasteiger partial charge in [0.15, 0.2) is 11.5 Å². The Kier molecular flexibility index (Phi) is 3.53. The smallest absolute Gasteiger partial charge is 0.255 e. The number of amides is 1. The molecule has 0 saturated heterocycles. The second-order valence-electron chi connectivity index (χ2n) is 3.88. The molecular formula is C13H13NO3S. The molecule has 0 atom stereocenters. The Morgan fingerprint density at radius 1 is 1.33 bits per heavy atom. The minimum Gasteiger partial charge on any atom is -0.504 e. The Labute approximate surface area is 109 Å². The monoisotopic (exact) mass is 263 g/mol. The SMILES string of the molecule is Cc1ccsc1CNC(=O)c1cccc(O)c1O. The van der Waals surface area contributed by atoms with Crippen LogP contribution >= 0.6 is 11.3 Å². The third-order valence-electron chi connectivity index (χ3n) is 2.64. The first-order chi connectivity index (χ1) is 8.59. The number of phenols is 2. The van der Waals surface area contributed by atoms with Crippen LogP contribution in [0.4, 0.5) is 0 Å². The average molecular weight is 263 g/mol. The highest BCUT2D eigenvalue weighted by molar-refractivity contribution is 7.10. The fourth-order valence-corrected chi connectivity index (χ4v) is 2.40. The van der Waals surface area contributed by atoms with E-state index >= 15 is 0 Å².